The van der Waals surface area contributed by atoms with Gasteiger partial charge in [0.1, 0.15) is 0 Å². The first kappa shape index (κ1) is 14.5. The lowest BCUT2D eigenvalue weighted by molar-refractivity contribution is 0.102. The Hall–Kier alpha value is -1.86. The third kappa shape index (κ3) is 3.17. The fourth-order valence-electron chi connectivity index (χ4n) is 1.67. The molecule has 0 aromatic carbocycles. The topological polar surface area (TPSA) is 88.0 Å². The molecule has 0 radical (unpaired) electrons. The van der Waals surface area contributed by atoms with E-state index in [1.54, 1.807) is 25.3 Å². The van der Waals surface area contributed by atoms with E-state index in [1.165, 1.54) is 11.3 Å². The Morgan fingerprint density at radius 2 is 2.25 bits per heavy atom. The van der Waals surface area contributed by atoms with Gasteiger partial charge in [-0.05, 0) is 26.3 Å². The molecule has 0 spiro atoms. The lowest BCUT2D eigenvalue weighted by Gasteiger charge is -2.06. The summed E-state index contributed by atoms with van der Waals surface area (Å²) in [6.45, 7) is 5.34. The zero-order valence-electron chi connectivity index (χ0n) is 11.5. The maximum absolute atomic E-state index is 12.3. The van der Waals surface area contributed by atoms with Gasteiger partial charge in [0.05, 0.1) is 28.7 Å². The second-order valence-electron chi connectivity index (χ2n) is 4.41. The first-order valence-corrected chi connectivity index (χ1v) is 7.17. The summed E-state index contributed by atoms with van der Waals surface area (Å²) in [6.07, 6.45) is -0.0137. The number of nitrogens with zero attached hydrogens (tertiary/aromatic N) is 3. The molecular formula is C13H16N4O2S. The van der Waals surface area contributed by atoms with E-state index in [1.807, 2.05) is 6.92 Å². The second-order valence-corrected chi connectivity index (χ2v) is 5.27. The molecule has 0 saturated carbocycles. The van der Waals surface area contributed by atoms with Crippen molar-refractivity contribution in [2.45, 2.75) is 33.3 Å². The van der Waals surface area contributed by atoms with Crippen molar-refractivity contribution in [1.82, 2.24) is 15.2 Å². The lowest BCUT2D eigenvalue weighted by atomic mass is 10.1. The monoisotopic (exact) mass is 292 g/mol. The van der Waals surface area contributed by atoms with Crippen molar-refractivity contribution >= 4 is 22.4 Å². The van der Waals surface area contributed by atoms with Gasteiger partial charge >= 0.3 is 0 Å². The smallest absolute Gasteiger partial charge is 0.259 e. The lowest BCUT2D eigenvalue weighted by Crippen LogP contribution is -2.16. The van der Waals surface area contributed by atoms with Gasteiger partial charge in [0, 0.05) is 5.38 Å². The number of hydrogen-bond acceptors (Lipinski definition) is 6. The number of carbonyl (C=O) groups excluding carboxylic acids is 1. The predicted molar refractivity (Wildman–Crippen MR) is 76.8 cm³/mol. The van der Waals surface area contributed by atoms with Gasteiger partial charge < -0.3 is 5.11 Å². The molecule has 7 heteroatoms. The minimum Gasteiger partial charge on any atom is -0.387 e. The van der Waals surface area contributed by atoms with Crippen molar-refractivity contribution in [3.05, 3.63) is 34.1 Å². The van der Waals surface area contributed by atoms with Gasteiger partial charge in [-0.2, -0.15) is 10.2 Å². The molecule has 1 atom stereocenters. The zero-order valence-corrected chi connectivity index (χ0v) is 12.4. The normalized spacial score (nSPS) is 12.2. The van der Waals surface area contributed by atoms with Crippen LogP contribution in [0.1, 0.15) is 47.4 Å². The van der Waals surface area contributed by atoms with Crippen LogP contribution in [0.3, 0.4) is 0 Å². The van der Waals surface area contributed by atoms with Crippen molar-refractivity contribution in [2.24, 2.45) is 0 Å². The van der Waals surface area contributed by atoms with E-state index in [0.717, 1.165) is 0 Å². The minimum absolute atomic E-state index is 0.258. The molecule has 106 valence electrons. The Labute approximate surface area is 120 Å². The fourth-order valence-corrected chi connectivity index (χ4v) is 2.46. The Bertz CT molecular complexity index is 625. The molecule has 2 heterocycles. The van der Waals surface area contributed by atoms with Crippen LogP contribution >= 0.6 is 11.3 Å². The molecule has 0 fully saturated rings. The summed E-state index contributed by atoms with van der Waals surface area (Å²) in [4.78, 5) is 16.4. The van der Waals surface area contributed by atoms with Crippen molar-refractivity contribution in [1.29, 1.82) is 0 Å². The van der Waals surface area contributed by atoms with Crippen molar-refractivity contribution in [3.63, 3.8) is 0 Å². The molecule has 20 heavy (non-hydrogen) atoms. The summed E-state index contributed by atoms with van der Waals surface area (Å²) in [5.41, 5.74) is 2.40. The van der Waals surface area contributed by atoms with Crippen molar-refractivity contribution in [3.8, 4) is 0 Å². The number of hydrogen-bond donors (Lipinski definition) is 2. The molecule has 2 aromatic heterocycles. The molecule has 2 aromatic rings. The number of aryl methyl sites for hydroxylation is 2. The summed E-state index contributed by atoms with van der Waals surface area (Å²) in [5, 5.41) is 22.3. The number of anilines is 1. The number of aliphatic hydroxyl groups is 1. The summed E-state index contributed by atoms with van der Waals surface area (Å²) in [7, 11) is 0. The summed E-state index contributed by atoms with van der Waals surface area (Å²) >= 11 is 1.28. The van der Waals surface area contributed by atoms with Crippen molar-refractivity contribution < 1.29 is 9.90 Å². The highest BCUT2D eigenvalue weighted by molar-refractivity contribution is 7.14. The van der Waals surface area contributed by atoms with Crippen LogP contribution in [0.15, 0.2) is 11.4 Å². The van der Waals surface area contributed by atoms with Gasteiger partial charge in [0.2, 0.25) is 0 Å². The van der Waals surface area contributed by atoms with Crippen LogP contribution in [-0.2, 0) is 6.42 Å². The third-order valence-corrected chi connectivity index (χ3v) is 3.52. The molecule has 6 nitrogen and oxygen atoms in total. The molecule has 2 rings (SSSR count). The van der Waals surface area contributed by atoms with E-state index in [2.05, 4.69) is 20.5 Å². The maximum atomic E-state index is 12.3. The number of aliphatic hydroxyl groups excluding tert-OH is 1. The number of nitrogens with one attached hydrogen (secondary N) is 1. The number of carbonyl (C=O) groups is 1. The number of rotatable bonds is 4. The SMILES string of the molecule is CCc1nnc(C)cc1C(=O)Nc1nc(C(C)O)cs1. The molecule has 0 bridgehead atoms. The largest absolute Gasteiger partial charge is 0.387 e. The zero-order chi connectivity index (χ0) is 14.7. The average molecular weight is 292 g/mol. The van der Waals surface area contributed by atoms with E-state index in [4.69, 9.17) is 0 Å². The van der Waals surface area contributed by atoms with Crippen LogP contribution in [0.4, 0.5) is 5.13 Å². The van der Waals surface area contributed by atoms with Crippen LogP contribution in [0.5, 0.6) is 0 Å². The van der Waals surface area contributed by atoms with Gasteiger partial charge in [-0.1, -0.05) is 6.92 Å². The van der Waals surface area contributed by atoms with E-state index in [0.29, 0.717) is 34.2 Å². The van der Waals surface area contributed by atoms with Gasteiger partial charge in [-0.3, -0.25) is 10.1 Å². The summed E-state index contributed by atoms with van der Waals surface area (Å²) < 4.78 is 0. The average Bonchev–Trinajstić information content (AvgIpc) is 2.87. The van der Waals surface area contributed by atoms with E-state index in [9.17, 15) is 9.90 Å². The molecule has 1 unspecified atom stereocenters. The van der Waals surface area contributed by atoms with Crippen LogP contribution in [0, 0.1) is 6.92 Å². The molecule has 1 amide bonds. The van der Waals surface area contributed by atoms with Gasteiger partial charge in [-0.25, -0.2) is 4.98 Å². The first-order chi connectivity index (χ1) is 9.51. The predicted octanol–water partition coefficient (Wildman–Crippen LogP) is 2.11. The number of thiazole rings is 1. The molecule has 2 N–H and O–H groups in total. The van der Waals surface area contributed by atoms with Crippen LogP contribution < -0.4 is 5.32 Å². The van der Waals surface area contributed by atoms with Gasteiger partial charge in [-0.15, -0.1) is 11.3 Å². The van der Waals surface area contributed by atoms with E-state index >= 15 is 0 Å². The summed E-state index contributed by atoms with van der Waals surface area (Å²) in [5.74, 6) is -0.258. The van der Waals surface area contributed by atoms with Gasteiger partial charge in [0.25, 0.3) is 5.91 Å². The van der Waals surface area contributed by atoms with Gasteiger partial charge in [0.15, 0.2) is 5.13 Å². The van der Waals surface area contributed by atoms with Crippen LogP contribution in [0.25, 0.3) is 0 Å². The fraction of sp³-hybridized carbons (Fsp3) is 0.385. The minimum atomic E-state index is -0.645. The Morgan fingerprint density at radius 3 is 2.85 bits per heavy atom. The second kappa shape index (κ2) is 6.06. The molecular weight excluding hydrogens is 276 g/mol. The quantitative estimate of drug-likeness (QED) is 0.901. The maximum Gasteiger partial charge on any atom is 0.259 e. The molecule has 0 saturated heterocycles. The Morgan fingerprint density at radius 1 is 1.50 bits per heavy atom. The standard InChI is InChI=1S/C13H16N4O2S/c1-4-10-9(5-7(2)16-17-10)12(19)15-13-14-11(6-20-13)8(3)18/h5-6,8,18H,4H2,1-3H3,(H,14,15,19). The first-order valence-electron chi connectivity index (χ1n) is 6.29. The van der Waals surface area contributed by atoms with E-state index in [-0.39, 0.29) is 5.91 Å². The van der Waals surface area contributed by atoms with Crippen LogP contribution in [0.2, 0.25) is 0 Å². The highest BCUT2D eigenvalue weighted by Gasteiger charge is 2.15. The Balaban J connectivity index is 2.21. The third-order valence-electron chi connectivity index (χ3n) is 2.74. The van der Waals surface area contributed by atoms with Crippen LogP contribution in [-0.4, -0.2) is 26.2 Å². The molecule has 0 aliphatic rings. The Kier molecular flexibility index (Phi) is 4.41. The summed E-state index contributed by atoms with van der Waals surface area (Å²) in [6, 6.07) is 1.71. The number of aromatic nitrogens is 3. The van der Waals surface area contributed by atoms with E-state index < -0.39 is 6.10 Å². The molecule has 0 aliphatic heterocycles. The highest BCUT2D eigenvalue weighted by atomic mass is 32.1. The number of amides is 1. The van der Waals surface area contributed by atoms with Crippen molar-refractivity contribution in [2.75, 3.05) is 5.32 Å². The highest BCUT2D eigenvalue weighted by Crippen LogP contribution is 2.21. The molecule has 0 aliphatic carbocycles.